The SMILES string of the molecule is CC(C)CN(C(=O)c1ccc2cc(C(=O)NC(C(=O)O)C(C)(C)C)nc(CC3CCCC3)c2c1)C1CCCCC1. The molecule has 0 radical (unpaired) electrons. The first-order chi connectivity index (χ1) is 18.9. The van der Waals surface area contributed by atoms with Crippen molar-refractivity contribution in [1.82, 2.24) is 15.2 Å². The molecule has 2 saturated carbocycles. The van der Waals surface area contributed by atoms with E-state index in [4.69, 9.17) is 4.98 Å². The molecule has 7 nitrogen and oxygen atoms in total. The molecule has 2 aromatic rings. The van der Waals surface area contributed by atoms with Gasteiger partial charge in [-0.1, -0.05) is 85.6 Å². The molecule has 40 heavy (non-hydrogen) atoms. The Balaban J connectivity index is 1.71. The van der Waals surface area contributed by atoms with E-state index in [0.29, 0.717) is 17.4 Å². The molecule has 2 aliphatic rings. The second-order valence-corrected chi connectivity index (χ2v) is 13.5. The number of carbonyl (C=O) groups is 3. The zero-order valence-electron chi connectivity index (χ0n) is 25.0. The van der Waals surface area contributed by atoms with Gasteiger partial charge in [-0.25, -0.2) is 9.78 Å². The summed E-state index contributed by atoms with van der Waals surface area (Å²) in [7, 11) is 0. The minimum atomic E-state index is -1.07. The maximum absolute atomic E-state index is 13.9. The van der Waals surface area contributed by atoms with Gasteiger partial charge >= 0.3 is 5.97 Å². The molecule has 1 atom stereocenters. The number of aromatic nitrogens is 1. The number of nitrogens with one attached hydrogen (secondary N) is 1. The smallest absolute Gasteiger partial charge is 0.326 e. The normalized spacial score (nSPS) is 17.8. The van der Waals surface area contributed by atoms with Crippen LogP contribution in [0.15, 0.2) is 24.3 Å². The second kappa shape index (κ2) is 12.7. The summed E-state index contributed by atoms with van der Waals surface area (Å²) in [5.41, 5.74) is 1.06. The van der Waals surface area contributed by atoms with E-state index in [1.807, 2.05) is 18.2 Å². The van der Waals surface area contributed by atoms with Gasteiger partial charge in [0.25, 0.3) is 11.8 Å². The molecule has 0 saturated heterocycles. The summed E-state index contributed by atoms with van der Waals surface area (Å²) < 4.78 is 0. The molecule has 2 amide bonds. The van der Waals surface area contributed by atoms with E-state index in [0.717, 1.165) is 55.1 Å². The van der Waals surface area contributed by atoms with Crippen LogP contribution < -0.4 is 5.32 Å². The lowest BCUT2D eigenvalue weighted by molar-refractivity contribution is -0.142. The average molecular weight is 550 g/mol. The molecule has 1 unspecified atom stereocenters. The largest absolute Gasteiger partial charge is 0.480 e. The second-order valence-electron chi connectivity index (χ2n) is 13.5. The summed E-state index contributed by atoms with van der Waals surface area (Å²) in [4.78, 5) is 46.0. The van der Waals surface area contributed by atoms with Crippen LogP contribution in [0.25, 0.3) is 10.8 Å². The lowest BCUT2D eigenvalue weighted by Gasteiger charge is -2.35. The van der Waals surface area contributed by atoms with Crippen LogP contribution in [-0.4, -0.2) is 51.4 Å². The minimum Gasteiger partial charge on any atom is -0.480 e. The van der Waals surface area contributed by atoms with Crippen molar-refractivity contribution in [2.75, 3.05) is 6.54 Å². The minimum absolute atomic E-state index is 0.0746. The number of benzene rings is 1. The first kappa shape index (κ1) is 30.0. The molecule has 4 rings (SSSR count). The van der Waals surface area contributed by atoms with Gasteiger partial charge in [-0.05, 0) is 60.1 Å². The summed E-state index contributed by atoms with van der Waals surface area (Å²) in [6.07, 6.45) is 11.1. The highest BCUT2D eigenvalue weighted by Gasteiger charge is 2.33. The van der Waals surface area contributed by atoms with E-state index in [-0.39, 0.29) is 17.6 Å². The topological polar surface area (TPSA) is 99.6 Å². The third kappa shape index (κ3) is 7.21. The van der Waals surface area contributed by atoms with Crippen LogP contribution in [0.3, 0.4) is 0 Å². The summed E-state index contributed by atoms with van der Waals surface area (Å²) in [5, 5.41) is 14.2. The summed E-state index contributed by atoms with van der Waals surface area (Å²) >= 11 is 0. The van der Waals surface area contributed by atoms with Crippen molar-refractivity contribution in [1.29, 1.82) is 0 Å². The standard InChI is InChI=1S/C33H47N3O4/c1-21(2)20-36(25-13-7-6-8-14-25)31(38)24-16-15-23-19-28(30(37)35-29(32(39)40)33(3,4)5)34-27(26(23)18-24)17-22-11-9-10-12-22/h15-16,18-19,21-22,25,29H,6-14,17,20H2,1-5H3,(H,35,37)(H,39,40). The number of hydrogen-bond acceptors (Lipinski definition) is 4. The number of hydrogen-bond donors (Lipinski definition) is 2. The molecule has 1 aromatic carbocycles. The van der Waals surface area contributed by atoms with Crippen molar-refractivity contribution >= 4 is 28.6 Å². The molecular formula is C33H47N3O4. The summed E-state index contributed by atoms with van der Waals surface area (Å²) in [6, 6.07) is 6.74. The number of amides is 2. The number of aliphatic carboxylic acids is 1. The van der Waals surface area contributed by atoms with E-state index < -0.39 is 23.3 Å². The van der Waals surface area contributed by atoms with Crippen LogP contribution in [0, 0.1) is 17.3 Å². The molecule has 2 aliphatic carbocycles. The van der Waals surface area contributed by atoms with Gasteiger partial charge < -0.3 is 15.3 Å². The maximum atomic E-state index is 13.9. The highest BCUT2D eigenvalue weighted by Crippen LogP contribution is 2.32. The zero-order valence-corrected chi connectivity index (χ0v) is 25.0. The van der Waals surface area contributed by atoms with Crippen molar-refractivity contribution in [3.63, 3.8) is 0 Å². The van der Waals surface area contributed by atoms with Crippen molar-refractivity contribution in [2.45, 2.75) is 111 Å². The number of carboxylic acid groups (broad SMARTS) is 1. The van der Waals surface area contributed by atoms with Crippen LogP contribution >= 0.6 is 0 Å². The number of fused-ring (bicyclic) bond motifs is 1. The van der Waals surface area contributed by atoms with E-state index in [1.54, 1.807) is 26.8 Å². The Morgan fingerprint density at radius 1 is 1.00 bits per heavy atom. The van der Waals surface area contributed by atoms with Crippen molar-refractivity contribution in [3.05, 3.63) is 41.2 Å². The van der Waals surface area contributed by atoms with Gasteiger partial charge in [0.15, 0.2) is 0 Å². The molecule has 218 valence electrons. The fourth-order valence-corrected chi connectivity index (χ4v) is 6.41. The third-order valence-electron chi connectivity index (χ3n) is 8.57. The first-order valence-electron chi connectivity index (χ1n) is 15.2. The van der Waals surface area contributed by atoms with E-state index in [1.165, 1.54) is 32.1 Å². The fourth-order valence-electron chi connectivity index (χ4n) is 6.41. The van der Waals surface area contributed by atoms with Crippen molar-refractivity contribution in [3.8, 4) is 0 Å². The summed E-state index contributed by atoms with van der Waals surface area (Å²) in [5.74, 6) is -0.605. The van der Waals surface area contributed by atoms with Crippen molar-refractivity contribution in [2.24, 2.45) is 17.3 Å². The monoisotopic (exact) mass is 549 g/mol. The van der Waals surface area contributed by atoms with E-state index >= 15 is 0 Å². The number of rotatable bonds is 9. The molecule has 2 N–H and O–H groups in total. The predicted molar refractivity (Wildman–Crippen MR) is 158 cm³/mol. The molecule has 1 heterocycles. The zero-order chi connectivity index (χ0) is 29.0. The molecule has 0 spiro atoms. The highest BCUT2D eigenvalue weighted by molar-refractivity contribution is 6.02. The quantitative estimate of drug-likeness (QED) is 0.366. The van der Waals surface area contributed by atoms with Crippen LogP contribution in [0.4, 0.5) is 0 Å². The number of nitrogens with zero attached hydrogens (tertiary/aromatic N) is 2. The van der Waals surface area contributed by atoms with Gasteiger partial charge in [0.1, 0.15) is 11.7 Å². The molecule has 0 bridgehead atoms. The van der Waals surface area contributed by atoms with E-state index in [2.05, 4.69) is 24.1 Å². The Labute approximate surface area is 239 Å². The van der Waals surface area contributed by atoms with Gasteiger partial charge in [-0.3, -0.25) is 9.59 Å². The molecule has 2 fully saturated rings. The van der Waals surface area contributed by atoms with Crippen LogP contribution in [0.1, 0.15) is 119 Å². The number of pyridine rings is 1. The molecule has 0 aliphatic heterocycles. The number of carbonyl (C=O) groups excluding carboxylic acids is 2. The molecule has 7 heteroatoms. The van der Waals surface area contributed by atoms with Gasteiger partial charge in [-0.2, -0.15) is 0 Å². The van der Waals surface area contributed by atoms with Gasteiger partial charge in [0.2, 0.25) is 0 Å². The molecule has 1 aromatic heterocycles. The van der Waals surface area contributed by atoms with Gasteiger partial charge in [-0.15, -0.1) is 0 Å². The summed E-state index contributed by atoms with van der Waals surface area (Å²) in [6.45, 7) is 10.4. The van der Waals surface area contributed by atoms with E-state index in [9.17, 15) is 19.5 Å². The van der Waals surface area contributed by atoms with Crippen LogP contribution in [0.5, 0.6) is 0 Å². The Kier molecular flexibility index (Phi) is 9.52. The Morgan fingerprint density at radius 3 is 2.25 bits per heavy atom. The molecular weight excluding hydrogens is 502 g/mol. The average Bonchev–Trinajstić information content (AvgIpc) is 3.42. The lowest BCUT2D eigenvalue weighted by atomic mass is 9.86. The lowest BCUT2D eigenvalue weighted by Crippen LogP contribution is -2.49. The Morgan fingerprint density at radius 2 is 1.65 bits per heavy atom. The Bertz CT molecular complexity index is 1220. The fraction of sp³-hybridized carbons (Fsp3) is 0.636. The van der Waals surface area contributed by atoms with Crippen molar-refractivity contribution < 1.29 is 19.5 Å². The van der Waals surface area contributed by atoms with Crippen LogP contribution in [0.2, 0.25) is 0 Å². The maximum Gasteiger partial charge on any atom is 0.326 e. The Hall–Kier alpha value is -2.96. The number of carboxylic acids is 1. The first-order valence-corrected chi connectivity index (χ1v) is 15.2. The van der Waals surface area contributed by atoms with Crippen LogP contribution in [-0.2, 0) is 11.2 Å². The van der Waals surface area contributed by atoms with Gasteiger partial charge in [0, 0.05) is 29.2 Å². The predicted octanol–water partition coefficient (Wildman–Crippen LogP) is 6.63. The highest BCUT2D eigenvalue weighted by atomic mass is 16.4. The van der Waals surface area contributed by atoms with Gasteiger partial charge in [0.05, 0.1) is 0 Å². The third-order valence-corrected chi connectivity index (χ3v) is 8.57.